The van der Waals surface area contributed by atoms with E-state index in [1.54, 1.807) is 13.3 Å². The highest BCUT2D eigenvalue weighted by atomic mass is 35.5. The van der Waals surface area contributed by atoms with Crippen LogP contribution in [0.1, 0.15) is 34.7 Å². The van der Waals surface area contributed by atoms with Crippen LogP contribution in [0.25, 0.3) is 0 Å². The lowest BCUT2D eigenvalue weighted by Gasteiger charge is -2.21. The Kier molecular flexibility index (Phi) is 5.33. The smallest absolute Gasteiger partial charge is 0.234 e. The summed E-state index contributed by atoms with van der Waals surface area (Å²) in [6.07, 6.45) is 1.95. The Morgan fingerprint density at radius 1 is 1.44 bits per heavy atom. The van der Waals surface area contributed by atoms with E-state index in [1.165, 1.54) is 0 Å². The molecule has 3 heterocycles. The van der Waals surface area contributed by atoms with E-state index >= 15 is 0 Å². The number of ether oxygens (including phenoxy) is 1. The predicted octanol–water partition coefficient (Wildman–Crippen LogP) is 1.22. The summed E-state index contributed by atoms with van der Waals surface area (Å²) >= 11 is 6.31. The SMILES string of the molecule is COc1c(C)cnc(CN2C[C@H](CC(=O)NN)c3c(Cl)nc(N)nc32)c1C. The molecule has 0 spiro atoms. The monoisotopic (exact) mass is 391 g/mol. The molecule has 2 aromatic heterocycles. The highest BCUT2D eigenvalue weighted by Gasteiger charge is 2.35. The van der Waals surface area contributed by atoms with Crippen molar-refractivity contribution in [3.63, 3.8) is 0 Å². The number of rotatable bonds is 5. The average molecular weight is 392 g/mol. The largest absolute Gasteiger partial charge is 0.496 e. The molecule has 10 heteroatoms. The van der Waals surface area contributed by atoms with Gasteiger partial charge < -0.3 is 15.4 Å². The fraction of sp³-hybridized carbons (Fsp3) is 0.412. The van der Waals surface area contributed by atoms with Crippen LogP contribution in [0.5, 0.6) is 5.75 Å². The first kappa shape index (κ1) is 19.1. The third-order valence-corrected chi connectivity index (χ3v) is 5.02. The number of hydrogen-bond donors (Lipinski definition) is 3. The molecule has 0 bridgehead atoms. The third-order valence-electron chi connectivity index (χ3n) is 4.73. The van der Waals surface area contributed by atoms with Gasteiger partial charge in [-0.25, -0.2) is 10.8 Å². The van der Waals surface area contributed by atoms with Gasteiger partial charge in [-0.1, -0.05) is 11.6 Å². The number of anilines is 2. The number of hydrazine groups is 1. The summed E-state index contributed by atoms with van der Waals surface area (Å²) in [5, 5.41) is 0.251. The average Bonchev–Trinajstić information content (AvgIpc) is 2.95. The molecule has 144 valence electrons. The molecule has 0 unspecified atom stereocenters. The zero-order chi connectivity index (χ0) is 19.7. The number of nitrogens with zero attached hydrogens (tertiary/aromatic N) is 4. The molecule has 1 atom stereocenters. The minimum atomic E-state index is -0.285. The molecule has 9 nitrogen and oxygen atoms in total. The van der Waals surface area contributed by atoms with E-state index in [1.807, 2.05) is 18.7 Å². The molecule has 2 aromatic rings. The molecule has 0 saturated carbocycles. The molecule has 0 radical (unpaired) electrons. The second-order valence-corrected chi connectivity index (χ2v) is 6.86. The summed E-state index contributed by atoms with van der Waals surface area (Å²) in [5.41, 5.74) is 11.4. The van der Waals surface area contributed by atoms with Crippen molar-refractivity contribution in [2.24, 2.45) is 5.84 Å². The second-order valence-electron chi connectivity index (χ2n) is 6.51. The summed E-state index contributed by atoms with van der Waals surface area (Å²) in [6, 6.07) is 0. The number of carbonyl (C=O) groups excluding carboxylic acids is 1. The molecule has 0 aliphatic carbocycles. The Labute approximate surface area is 162 Å². The van der Waals surface area contributed by atoms with Gasteiger partial charge in [0.25, 0.3) is 0 Å². The standard InChI is InChI=1S/C17H22ClN7O2/c1-8-5-21-11(9(2)14(8)27-3)7-25-6-10(4-12(26)24-20)13-15(18)22-17(19)23-16(13)25/h5,10H,4,6-7,20H2,1-3H3,(H,24,26)(H2,19,22,23)/t10-/m0/s1. The molecule has 27 heavy (non-hydrogen) atoms. The maximum atomic E-state index is 11.8. The van der Waals surface area contributed by atoms with Crippen molar-refractivity contribution >= 4 is 29.3 Å². The van der Waals surface area contributed by atoms with E-state index in [0.717, 1.165) is 22.6 Å². The molecule has 1 aliphatic rings. The van der Waals surface area contributed by atoms with E-state index in [-0.39, 0.29) is 29.3 Å². The van der Waals surface area contributed by atoms with Gasteiger partial charge in [0, 0.05) is 41.8 Å². The summed E-state index contributed by atoms with van der Waals surface area (Å²) < 4.78 is 5.48. The molecule has 0 saturated heterocycles. The van der Waals surface area contributed by atoms with Gasteiger partial charge in [-0.3, -0.25) is 15.2 Å². The third kappa shape index (κ3) is 3.60. The quantitative estimate of drug-likeness (QED) is 0.300. The first-order valence-corrected chi connectivity index (χ1v) is 8.79. The number of amides is 1. The van der Waals surface area contributed by atoms with Gasteiger partial charge in [0.1, 0.15) is 16.7 Å². The Morgan fingerprint density at radius 2 is 2.19 bits per heavy atom. The normalized spacial score (nSPS) is 15.6. The predicted molar refractivity (Wildman–Crippen MR) is 102 cm³/mol. The molecular weight excluding hydrogens is 370 g/mol. The molecular formula is C17H22ClN7O2. The van der Waals surface area contributed by atoms with Crippen LogP contribution in [0, 0.1) is 13.8 Å². The molecule has 0 fully saturated rings. The fourth-order valence-electron chi connectivity index (χ4n) is 3.48. The van der Waals surface area contributed by atoms with E-state index in [9.17, 15) is 4.79 Å². The summed E-state index contributed by atoms with van der Waals surface area (Å²) in [4.78, 5) is 26.7. The van der Waals surface area contributed by atoms with Gasteiger partial charge in [-0.05, 0) is 13.8 Å². The number of aryl methyl sites for hydroxylation is 1. The lowest BCUT2D eigenvalue weighted by atomic mass is 10.0. The topological polar surface area (TPSA) is 132 Å². The lowest BCUT2D eigenvalue weighted by molar-refractivity contribution is -0.121. The number of nitrogens with one attached hydrogen (secondary N) is 1. The molecule has 5 N–H and O–H groups in total. The van der Waals surface area contributed by atoms with Gasteiger partial charge in [-0.15, -0.1) is 0 Å². The van der Waals surface area contributed by atoms with Crippen LogP contribution >= 0.6 is 11.6 Å². The molecule has 1 amide bonds. The van der Waals surface area contributed by atoms with Crippen molar-refractivity contribution in [3.05, 3.63) is 33.7 Å². The number of nitrogen functional groups attached to an aromatic ring is 1. The van der Waals surface area contributed by atoms with Crippen molar-refractivity contribution in [2.75, 3.05) is 24.3 Å². The highest BCUT2D eigenvalue weighted by Crippen LogP contribution is 2.41. The van der Waals surface area contributed by atoms with Gasteiger partial charge in [-0.2, -0.15) is 4.98 Å². The molecule has 0 aromatic carbocycles. The van der Waals surface area contributed by atoms with Gasteiger partial charge in [0.2, 0.25) is 11.9 Å². The summed E-state index contributed by atoms with van der Waals surface area (Å²) in [7, 11) is 1.64. The van der Waals surface area contributed by atoms with Gasteiger partial charge >= 0.3 is 0 Å². The maximum absolute atomic E-state index is 11.8. The number of hydrogen-bond acceptors (Lipinski definition) is 8. The van der Waals surface area contributed by atoms with Crippen LogP contribution in [0.4, 0.5) is 11.8 Å². The van der Waals surface area contributed by atoms with Crippen molar-refractivity contribution in [3.8, 4) is 5.75 Å². The first-order chi connectivity index (χ1) is 12.8. The van der Waals surface area contributed by atoms with Crippen LogP contribution in [-0.2, 0) is 11.3 Å². The minimum absolute atomic E-state index is 0.0823. The van der Waals surface area contributed by atoms with Crippen LogP contribution < -0.4 is 26.6 Å². The van der Waals surface area contributed by atoms with Crippen LogP contribution in [0.2, 0.25) is 5.15 Å². The number of methoxy groups -OCH3 is 1. The maximum Gasteiger partial charge on any atom is 0.234 e. The van der Waals surface area contributed by atoms with Crippen molar-refractivity contribution in [1.29, 1.82) is 0 Å². The molecule has 3 rings (SSSR count). The highest BCUT2D eigenvalue weighted by molar-refractivity contribution is 6.30. The van der Waals surface area contributed by atoms with Gasteiger partial charge in [0.05, 0.1) is 19.3 Å². The van der Waals surface area contributed by atoms with Gasteiger partial charge in [0.15, 0.2) is 0 Å². The lowest BCUT2D eigenvalue weighted by Crippen LogP contribution is -2.32. The number of aromatic nitrogens is 3. The van der Waals surface area contributed by atoms with Crippen molar-refractivity contribution in [2.45, 2.75) is 32.7 Å². The Bertz CT molecular complexity index is 890. The number of pyridine rings is 1. The first-order valence-electron chi connectivity index (χ1n) is 8.42. The number of halogens is 1. The Morgan fingerprint density at radius 3 is 2.85 bits per heavy atom. The number of fused-ring (bicyclic) bond motifs is 1. The molecule has 1 aliphatic heterocycles. The minimum Gasteiger partial charge on any atom is -0.496 e. The number of carbonyl (C=O) groups is 1. The van der Waals surface area contributed by atoms with E-state index in [0.29, 0.717) is 24.5 Å². The zero-order valence-corrected chi connectivity index (χ0v) is 16.2. The van der Waals surface area contributed by atoms with Crippen LogP contribution in [0.3, 0.4) is 0 Å². The Hall–Kier alpha value is -2.65. The van der Waals surface area contributed by atoms with Crippen LogP contribution in [-0.4, -0.2) is 34.5 Å². The summed E-state index contributed by atoms with van der Waals surface area (Å²) in [5.74, 6) is 6.26. The van der Waals surface area contributed by atoms with Crippen LogP contribution in [0.15, 0.2) is 6.20 Å². The number of nitrogens with two attached hydrogens (primary N) is 2. The zero-order valence-electron chi connectivity index (χ0n) is 15.4. The summed E-state index contributed by atoms with van der Waals surface area (Å²) in [6.45, 7) is 4.91. The fourth-order valence-corrected chi connectivity index (χ4v) is 3.81. The van der Waals surface area contributed by atoms with Crippen molar-refractivity contribution in [1.82, 2.24) is 20.4 Å². The van der Waals surface area contributed by atoms with Crippen molar-refractivity contribution < 1.29 is 9.53 Å². The van der Waals surface area contributed by atoms with E-state index < -0.39 is 0 Å². The Balaban J connectivity index is 1.97. The second kappa shape index (κ2) is 7.53. The van der Waals surface area contributed by atoms with E-state index in [2.05, 4.69) is 20.4 Å². The van der Waals surface area contributed by atoms with E-state index in [4.69, 9.17) is 27.9 Å².